The normalized spacial score (nSPS) is 24.9. The van der Waals surface area contributed by atoms with Crippen molar-refractivity contribution in [2.45, 2.75) is 57.3 Å². The second kappa shape index (κ2) is 8.05. The van der Waals surface area contributed by atoms with Gasteiger partial charge in [0.05, 0.1) is 12.3 Å². The zero-order valence-electron chi connectivity index (χ0n) is 16.1. The van der Waals surface area contributed by atoms with Crippen molar-refractivity contribution in [1.82, 2.24) is 20.1 Å². The van der Waals surface area contributed by atoms with Gasteiger partial charge in [-0.05, 0) is 56.4 Å². The molecule has 144 valence electrons. The van der Waals surface area contributed by atoms with Gasteiger partial charge in [0.25, 0.3) is 0 Å². The van der Waals surface area contributed by atoms with E-state index in [-0.39, 0.29) is 11.9 Å². The summed E-state index contributed by atoms with van der Waals surface area (Å²) in [4.78, 5) is 12.5. The van der Waals surface area contributed by atoms with Gasteiger partial charge in [-0.15, -0.1) is 10.2 Å². The molecular weight excluding hydrogens is 356 g/mol. The van der Waals surface area contributed by atoms with Crippen LogP contribution < -0.4 is 5.32 Å². The van der Waals surface area contributed by atoms with Gasteiger partial charge in [0, 0.05) is 6.04 Å². The maximum atomic E-state index is 12.5. The molecule has 1 N–H and O–H groups in total. The molecule has 0 unspecified atom stereocenters. The van der Waals surface area contributed by atoms with Gasteiger partial charge < -0.3 is 9.88 Å². The van der Waals surface area contributed by atoms with Gasteiger partial charge in [-0.3, -0.25) is 4.79 Å². The van der Waals surface area contributed by atoms with Crippen LogP contribution in [0.4, 0.5) is 0 Å². The molecule has 2 fully saturated rings. The molecule has 0 aliphatic heterocycles. The van der Waals surface area contributed by atoms with Gasteiger partial charge >= 0.3 is 0 Å². The standard InChI is InChI=1S/C21H28N4OS/c1-14(19-11-17-8-9-18(19)10-17)22-20(26)13-27-21-24-23-15(2)25(21)12-16-6-4-3-5-7-16/h3-7,14,17-19H,8-13H2,1-2H3,(H,22,26)/t14-,17-,18-,19-/m0/s1. The first-order chi connectivity index (χ1) is 13.1. The third-order valence-corrected chi connectivity index (χ3v) is 7.21. The Hall–Kier alpha value is -1.82. The van der Waals surface area contributed by atoms with Gasteiger partial charge in [0.2, 0.25) is 5.91 Å². The summed E-state index contributed by atoms with van der Waals surface area (Å²) in [6.07, 6.45) is 5.42. The lowest BCUT2D eigenvalue weighted by Gasteiger charge is -2.28. The lowest BCUT2D eigenvalue weighted by atomic mass is 9.84. The zero-order chi connectivity index (χ0) is 18.8. The Morgan fingerprint density at radius 2 is 2.07 bits per heavy atom. The Morgan fingerprint density at radius 1 is 1.26 bits per heavy atom. The largest absolute Gasteiger partial charge is 0.353 e. The van der Waals surface area contributed by atoms with Gasteiger partial charge in [-0.2, -0.15) is 0 Å². The van der Waals surface area contributed by atoms with Crippen LogP contribution in [0.2, 0.25) is 0 Å². The van der Waals surface area contributed by atoms with E-state index in [9.17, 15) is 4.79 Å². The van der Waals surface area contributed by atoms with Crippen LogP contribution in [0.25, 0.3) is 0 Å². The molecule has 5 nitrogen and oxygen atoms in total. The number of aromatic nitrogens is 3. The van der Waals surface area contributed by atoms with E-state index < -0.39 is 0 Å². The first kappa shape index (κ1) is 18.5. The Balaban J connectivity index is 1.31. The second-order valence-corrected chi connectivity index (χ2v) is 9.03. The molecule has 0 spiro atoms. The van der Waals surface area contributed by atoms with Crippen LogP contribution in [0.15, 0.2) is 35.5 Å². The second-order valence-electron chi connectivity index (χ2n) is 8.09. The Labute approximate surface area is 165 Å². The van der Waals surface area contributed by atoms with Crippen molar-refractivity contribution in [2.24, 2.45) is 17.8 Å². The lowest BCUT2D eigenvalue weighted by molar-refractivity contribution is -0.119. The number of hydrogen-bond acceptors (Lipinski definition) is 4. The van der Waals surface area contributed by atoms with Crippen molar-refractivity contribution in [3.05, 3.63) is 41.7 Å². The fourth-order valence-electron chi connectivity index (χ4n) is 4.86. The van der Waals surface area contributed by atoms with E-state index in [1.807, 2.05) is 25.1 Å². The quantitative estimate of drug-likeness (QED) is 0.740. The van der Waals surface area contributed by atoms with Gasteiger partial charge in [0.1, 0.15) is 5.82 Å². The first-order valence-corrected chi connectivity index (χ1v) is 10.9. The number of nitrogens with one attached hydrogen (secondary N) is 1. The average Bonchev–Trinajstić information content (AvgIpc) is 3.38. The molecule has 1 heterocycles. The summed E-state index contributed by atoms with van der Waals surface area (Å²) in [6, 6.07) is 10.5. The molecule has 2 aromatic rings. The highest BCUT2D eigenvalue weighted by atomic mass is 32.2. The molecule has 4 atom stereocenters. The number of amides is 1. The summed E-state index contributed by atoms with van der Waals surface area (Å²) < 4.78 is 2.08. The molecule has 1 amide bonds. The van der Waals surface area contributed by atoms with Crippen LogP contribution in [0, 0.1) is 24.7 Å². The van der Waals surface area contributed by atoms with Gasteiger partial charge in [-0.1, -0.05) is 48.5 Å². The zero-order valence-corrected chi connectivity index (χ0v) is 16.9. The molecule has 0 saturated heterocycles. The van der Waals surface area contributed by atoms with Crippen LogP contribution >= 0.6 is 11.8 Å². The minimum Gasteiger partial charge on any atom is -0.353 e. The third kappa shape index (κ3) is 4.21. The van der Waals surface area contributed by atoms with E-state index in [1.54, 1.807) is 0 Å². The number of thioether (sulfide) groups is 1. The highest BCUT2D eigenvalue weighted by Crippen LogP contribution is 2.49. The van der Waals surface area contributed by atoms with Crippen molar-refractivity contribution < 1.29 is 4.79 Å². The highest BCUT2D eigenvalue weighted by Gasteiger charge is 2.42. The molecule has 0 radical (unpaired) electrons. The van der Waals surface area contributed by atoms with Crippen LogP contribution in [0.1, 0.15) is 44.0 Å². The topological polar surface area (TPSA) is 59.8 Å². The van der Waals surface area contributed by atoms with Gasteiger partial charge in [0.15, 0.2) is 5.16 Å². The number of aryl methyl sites for hydroxylation is 1. The minimum atomic E-state index is 0.0992. The SMILES string of the molecule is Cc1nnc(SCC(=O)N[C@@H](C)[C@@H]2C[C@H]3CC[C@H]2C3)n1Cc1ccccc1. The number of hydrogen-bond donors (Lipinski definition) is 1. The summed E-state index contributed by atoms with van der Waals surface area (Å²) in [6.45, 7) is 4.86. The molecule has 2 aliphatic rings. The number of nitrogens with zero attached hydrogens (tertiary/aromatic N) is 3. The maximum absolute atomic E-state index is 12.5. The molecule has 2 bridgehead atoms. The average molecular weight is 385 g/mol. The predicted octanol–water partition coefficient (Wildman–Crippen LogP) is 3.67. The molecule has 4 rings (SSSR count). The third-order valence-electron chi connectivity index (χ3n) is 6.24. The van der Waals surface area contributed by atoms with Crippen molar-refractivity contribution in [3.8, 4) is 0 Å². The molecule has 27 heavy (non-hydrogen) atoms. The fourth-order valence-corrected chi connectivity index (χ4v) is 5.65. The molecule has 1 aromatic heterocycles. The molecule has 6 heteroatoms. The van der Waals surface area contributed by atoms with E-state index in [0.717, 1.165) is 29.4 Å². The van der Waals surface area contributed by atoms with E-state index in [4.69, 9.17) is 0 Å². The van der Waals surface area contributed by atoms with E-state index in [0.29, 0.717) is 11.7 Å². The van der Waals surface area contributed by atoms with Crippen LogP contribution in [-0.2, 0) is 11.3 Å². The number of rotatable bonds is 7. The van der Waals surface area contributed by atoms with Crippen molar-refractivity contribution in [3.63, 3.8) is 0 Å². The molecule has 2 saturated carbocycles. The summed E-state index contributed by atoms with van der Waals surface area (Å²) in [5.41, 5.74) is 1.21. The first-order valence-electron chi connectivity index (χ1n) is 9.96. The number of fused-ring (bicyclic) bond motifs is 2. The van der Waals surface area contributed by atoms with Gasteiger partial charge in [-0.25, -0.2) is 0 Å². The highest BCUT2D eigenvalue weighted by molar-refractivity contribution is 7.99. The van der Waals surface area contributed by atoms with Crippen LogP contribution in [0.5, 0.6) is 0 Å². The fraction of sp³-hybridized carbons (Fsp3) is 0.571. The molecule has 2 aliphatic carbocycles. The van der Waals surface area contributed by atoms with Crippen molar-refractivity contribution in [2.75, 3.05) is 5.75 Å². The monoisotopic (exact) mass is 384 g/mol. The van der Waals surface area contributed by atoms with E-state index in [2.05, 4.69) is 39.1 Å². The predicted molar refractivity (Wildman–Crippen MR) is 108 cm³/mol. The van der Waals surface area contributed by atoms with E-state index in [1.165, 1.54) is 43.0 Å². The summed E-state index contributed by atoms with van der Waals surface area (Å²) in [5.74, 6) is 3.77. The van der Waals surface area contributed by atoms with Crippen molar-refractivity contribution in [1.29, 1.82) is 0 Å². The summed E-state index contributed by atoms with van der Waals surface area (Å²) in [5, 5.41) is 12.5. The molecule has 1 aromatic carbocycles. The molecular formula is C21H28N4OS. The number of carbonyl (C=O) groups excluding carboxylic acids is 1. The van der Waals surface area contributed by atoms with Crippen molar-refractivity contribution >= 4 is 17.7 Å². The van der Waals surface area contributed by atoms with Crippen LogP contribution in [-0.4, -0.2) is 32.5 Å². The van der Waals surface area contributed by atoms with E-state index >= 15 is 0 Å². The Bertz CT molecular complexity index is 791. The number of benzene rings is 1. The Morgan fingerprint density at radius 3 is 2.78 bits per heavy atom. The number of carbonyl (C=O) groups is 1. The lowest BCUT2D eigenvalue weighted by Crippen LogP contribution is -2.40. The summed E-state index contributed by atoms with van der Waals surface area (Å²) in [7, 11) is 0. The Kier molecular flexibility index (Phi) is 5.53. The minimum absolute atomic E-state index is 0.0992. The summed E-state index contributed by atoms with van der Waals surface area (Å²) >= 11 is 1.47. The van der Waals surface area contributed by atoms with Crippen LogP contribution in [0.3, 0.4) is 0 Å². The smallest absolute Gasteiger partial charge is 0.230 e. The maximum Gasteiger partial charge on any atom is 0.230 e.